The monoisotopic (exact) mass is 381 g/mol. The number of fused-ring (bicyclic) bond motifs is 1. The third kappa shape index (κ3) is 4.23. The van der Waals surface area contributed by atoms with Crippen LogP contribution in [0.25, 0.3) is 11.0 Å². The number of benzene rings is 2. The Morgan fingerprint density at radius 2 is 1.82 bits per heavy atom. The van der Waals surface area contributed by atoms with Gasteiger partial charge in [0.1, 0.15) is 5.58 Å². The van der Waals surface area contributed by atoms with Crippen LogP contribution in [0.3, 0.4) is 0 Å². The molecule has 1 amide bonds. The lowest BCUT2D eigenvalue weighted by atomic mass is 10.1. The molecule has 3 aromatic rings. The molecular weight excluding hydrogens is 358 g/mol. The molecular formula is C22H23NO5. The summed E-state index contributed by atoms with van der Waals surface area (Å²) in [6.07, 6.45) is -0.0641. The topological polar surface area (TPSA) is 77.8 Å². The van der Waals surface area contributed by atoms with Crippen molar-refractivity contribution in [2.45, 2.75) is 33.0 Å². The van der Waals surface area contributed by atoms with Crippen molar-refractivity contribution in [3.8, 4) is 0 Å². The van der Waals surface area contributed by atoms with Crippen molar-refractivity contribution in [1.29, 1.82) is 0 Å². The van der Waals surface area contributed by atoms with Crippen molar-refractivity contribution in [1.82, 2.24) is 0 Å². The number of carbonyl (C=O) groups excluding carboxylic acids is 2. The van der Waals surface area contributed by atoms with E-state index in [1.807, 2.05) is 42.5 Å². The highest BCUT2D eigenvalue weighted by atomic mass is 16.6. The van der Waals surface area contributed by atoms with Crippen molar-refractivity contribution in [3.63, 3.8) is 0 Å². The van der Waals surface area contributed by atoms with Gasteiger partial charge in [-0.15, -0.1) is 0 Å². The number of rotatable bonds is 7. The van der Waals surface area contributed by atoms with Gasteiger partial charge >= 0.3 is 5.97 Å². The number of aryl methyl sites for hydroxylation is 1. The van der Waals surface area contributed by atoms with E-state index in [0.29, 0.717) is 16.8 Å². The molecule has 0 bridgehead atoms. The van der Waals surface area contributed by atoms with Gasteiger partial charge in [-0.1, -0.05) is 37.3 Å². The number of anilines is 1. The molecule has 2 aromatic carbocycles. The molecule has 0 aliphatic heterocycles. The third-order valence-electron chi connectivity index (χ3n) is 4.46. The van der Waals surface area contributed by atoms with Gasteiger partial charge in [0.2, 0.25) is 5.76 Å². The van der Waals surface area contributed by atoms with Gasteiger partial charge in [-0.05, 0) is 37.1 Å². The summed E-state index contributed by atoms with van der Waals surface area (Å²) in [6, 6.07) is 14.8. The number of furan rings is 1. The standard InChI is InChI=1S/C22H23NO5/c1-4-15-9-11-16(12-10-15)23-21(24)14(2)27-22(25)20-18(13-26-3)17-7-5-6-8-19(17)28-20/h5-12,14H,4,13H2,1-3H3,(H,23,24)/t14-/m0/s1. The number of hydrogen-bond acceptors (Lipinski definition) is 5. The summed E-state index contributed by atoms with van der Waals surface area (Å²) >= 11 is 0. The number of para-hydroxylation sites is 1. The van der Waals surface area contributed by atoms with Gasteiger partial charge < -0.3 is 19.2 Å². The highest BCUT2D eigenvalue weighted by Crippen LogP contribution is 2.27. The number of esters is 1. The largest absolute Gasteiger partial charge is 0.449 e. The maximum absolute atomic E-state index is 12.6. The van der Waals surface area contributed by atoms with Crippen LogP contribution in [0.2, 0.25) is 0 Å². The van der Waals surface area contributed by atoms with E-state index in [-0.39, 0.29) is 12.4 Å². The molecule has 0 aliphatic carbocycles. The number of ether oxygens (including phenoxy) is 2. The molecule has 146 valence electrons. The van der Waals surface area contributed by atoms with Gasteiger partial charge in [-0.3, -0.25) is 4.79 Å². The molecule has 0 unspecified atom stereocenters. The van der Waals surface area contributed by atoms with Gasteiger partial charge in [-0.2, -0.15) is 0 Å². The van der Waals surface area contributed by atoms with E-state index < -0.39 is 18.0 Å². The Kier molecular flexibility index (Phi) is 6.11. The van der Waals surface area contributed by atoms with Crippen LogP contribution in [0.15, 0.2) is 52.9 Å². The van der Waals surface area contributed by atoms with E-state index in [9.17, 15) is 9.59 Å². The minimum Gasteiger partial charge on any atom is -0.449 e. The van der Waals surface area contributed by atoms with Gasteiger partial charge in [0, 0.05) is 23.7 Å². The molecule has 6 heteroatoms. The van der Waals surface area contributed by atoms with E-state index in [2.05, 4.69) is 12.2 Å². The second-order valence-electron chi connectivity index (χ2n) is 6.43. The number of methoxy groups -OCH3 is 1. The smallest absolute Gasteiger partial charge is 0.375 e. The van der Waals surface area contributed by atoms with Crippen LogP contribution < -0.4 is 5.32 Å². The molecule has 0 radical (unpaired) electrons. The van der Waals surface area contributed by atoms with E-state index in [1.54, 1.807) is 6.07 Å². The van der Waals surface area contributed by atoms with E-state index in [0.717, 1.165) is 11.8 Å². The summed E-state index contributed by atoms with van der Waals surface area (Å²) in [5.74, 6) is -1.07. The van der Waals surface area contributed by atoms with Crippen molar-refractivity contribution in [3.05, 3.63) is 65.4 Å². The van der Waals surface area contributed by atoms with Crippen LogP contribution in [0.1, 0.15) is 35.5 Å². The SMILES string of the molecule is CCc1ccc(NC(=O)[C@H](C)OC(=O)c2oc3ccccc3c2COC)cc1. The normalized spacial score (nSPS) is 12.0. The highest BCUT2D eigenvalue weighted by molar-refractivity contribution is 5.99. The van der Waals surface area contributed by atoms with E-state index in [4.69, 9.17) is 13.9 Å². The first-order valence-corrected chi connectivity index (χ1v) is 9.13. The Morgan fingerprint density at radius 1 is 1.11 bits per heavy atom. The lowest BCUT2D eigenvalue weighted by molar-refractivity contribution is -0.123. The average Bonchev–Trinajstić information content (AvgIpc) is 3.07. The molecule has 1 atom stereocenters. The van der Waals surface area contributed by atoms with Crippen molar-refractivity contribution >= 4 is 28.5 Å². The summed E-state index contributed by atoms with van der Waals surface area (Å²) in [5.41, 5.74) is 2.99. The molecule has 6 nitrogen and oxygen atoms in total. The number of nitrogens with one attached hydrogen (secondary N) is 1. The lowest BCUT2D eigenvalue weighted by Crippen LogP contribution is -2.30. The maximum Gasteiger partial charge on any atom is 0.375 e. The van der Waals surface area contributed by atoms with Crippen LogP contribution in [0.5, 0.6) is 0 Å². The average molecular weight is 381 g/mol. The first kappa shape index (κ1) is 19.6. The zero-order valence-electron chi connectivity index (χ0n) is 16.2. The number of amides is 1. The number of carbonyl (C=O) groups is 2. The Balaban J connectivity index is 1.72. The molecule has 0 saturated carbocycles. The summed E-state index contributed by atoms with van der Waals surface area (Å²) in [7, 11) is 1.54. The molecule has 0 saturated heterocycles. The van der Waals surface area contributed by atoms with Crippen LogP contribution in [-0.2, 0) is 27.3 Å². The zero-order chi connectivity index (χ0) is 20.1. The van der Waals surface area contributed by atoms with Crippen molar-refractivity contribution in [2.75, 3.05) is 12.4 Å². The predicted molar refractivity (Wildman–Crippen MR) is 106 cm³/mol. The van der Waals surface area contributed by atoms with Crippen molar-refractivity contribution in [2.24, 2.45) is 0 Å². The summed E-state index contributed by atoms with van der Waals surface area (Å²) in [4.78, 5) is 25.0. The third-order valence-corrected chi connectivity index (χ3v) is 4.46. The molecule has 0 spiro atoms. The van der Waals surface area contributed by atoms with Crippen LogP contribution in [-0.4, -0.2) is 25.1 Å². The summed E-state index contributed by atoms with van der Waals surface area (Å²) < 4.78 is 16.2. The van der Waals surface area contributed by atoms with Gasteiger partial charge in [0.25, 0.3) is 5.91 Å². The van der Waals surface area contributed by atoms with Crippen LogP contribution in [0, 0.1) is 0 Å². The second kappa shape index (κ2) is 8.71. The fraction of sp³-hybridized carbons (Fsp3) is 0.273. The zero-order valence-corrected chi connectivity index (χ0v) is 16.2. The maximum atomic E-state index is 12.6. The van der Waals surface area contributed by atoms with E-state index in [1.165, 1.54) is 19.6 Å². The molecule has 28 heavy (non-hydrogen) atoms. The van der Waals surface area contributed by atoms with Gasteiger partial charge in [0.15, 0.2) is 6.10 Å². The molecule has 1 aromatic heterocycles. The minimum atomic E-state index is -0.984. The fourth-order valence-electron chi connectivity index (χ4n) is 2.89. The Labute approximate surface area is 163 Å². The van der Waals surface area contributed by atoms with Crippen LogP contribution in [0.4, 0.5) is 5.69 Å². The van der Waals surface area contributed by atoms with E-state index >= 15 is 0 Å². The van der Waals surface area contributed by atoms with Gasteiger partial charge in [-0.25, -0.2) is 4.79 Å². The first-order chi connectivity index (χ1) is 13.5. The number of hydrogen-bond donors (Lipinski definition) is 1. The lowest BCUT2D eigenvalue weighted by Gasteiger charge is -2.13. The summed E-state index contributed by atoms with van der Waals surface area (Å²) in [5, 5.41) is 3.53. The van der Waals surface area contributed by atoms with Gasteiger partial charge in [0.05, 0.1) is 6.61 Å². The molecule has 1 heterocycles. The Morgan fingerprint density at radius 3 is 2.50 bits per heavy atom. The molecule has 1 N–H and O–H groups in total. The molecule has 3 rings (SSSR count). The Hall–Kier alpha value is -3.12. The summed E-state index contributed by atoms with van der Waals surface area (Å²) in [6.45, 7) is 3.78. The minimum absolute atomic E-state index is 0.0509. The Bertz CT molecular complexity index is 974. The predicted octanol–water partition coefficient (Wildman–Crippen LogP) is 4.33. The van der Waals surface area contributed by atoms with Crippen LogP contribution >= 0.6 is 0 Å². The molecule has 0 fully saturated rings. The fourth-order valence-corrected chi connectivity index (χ4v) is 2.89. The highest BCUT2D eigenvalue weighted by Gasteiger charge is 2.25. The quantitative estimate of drug-likeness (QED) is 0.617. The van der Waals surface area contributed by atoms with Crippen molar-refractivity contribution < 1.29 is 23.5 Å². The first-order valence-electron chi connectivity index (χ1n) is 9.13. The molecule has 0 aliphatic rings. The second-order valence-corrected chi connectivity index (χ2v) is 6.43.